The van der Waals surface area contributed by atoms with Crippen LogP contribution in [0.5, 0.6) is 5.75 Å². The van der Waals surface area contributed by atoms with E-state index in [1.54, 1.807) is 6.07 Å². The van der Waals surface area contributed by atoms with Gasteiger partial charge in [0.25, 0.3) is 0 Å². The SMILES string of the molecule is CC(C)Oc1ccc(NC(=O)[C@@H](N)C(C)C)c(F)c1. The number of nitrogens with one attached hydrogen (secondary N) is 1. The second-order valence-corrected chi connectivity index (χ2v) is 5.07. The van der Waals surface area contributed by atoms with E-state index in [0.717, 1.165) is 0 Å². The summed E-state index contributed by atoms with van der Waals surface area (Å²) in [5.41, 5.74) is 5.80. The number of nitrogens with two attached hydrogens (primary N) is 1. The van der Waals surface area contributed by atoms with Crippen LogP contribution >= 0.6 is 0 Å². The highest BCUT2D eigenvalue weighted by Gasteiger charge is 2.18. The highest BCUT2D eigenvalue weighted by molar-refractivity contribution is 5.95. The molecule has 0 spiro atoms. The zero-order valence-corrected chi connectivity index (χ0v) is 11.7. The fourth-order valence-electron chi connectivity index (χ4n) is 1.46. The molecular formula is C14H21FN2O2. The van der Waals surface area contributed by atoms with Gasteiger partial charge in [-0.25, -0.2) is 4.39 Å². The molecule has 1 rings (SSSR count). The Kier molecular flexibility index (Phi) is 5.30. The van der Waals surface area contributed by atoms with Gasteiger partial charge in [0.05, 0.1) is 17.8 Å². The molecule has 0 saturated carbocycles. The lowest BCUT2D eigenvalue weighted by atomic mass is 10.0. The number of carbonyl (C=O) groups excluding carboxylic acids is 1. The van der Waals surface area contributed by atoms with Gasteiger partial charge in [0.15, 0.2) is 0 Å². The highest BCUT2D eigenvalue weighted by Crippen LogP contribution is 2.21. The normalized spacial score (nSPS) is 12.6. The Bertz CT molecular complexity index is 447. The van der Waals surface area contributed by atoms with Gasteiger partial charge in [0.2, 0.25) is 5.91 Å². The van der Waals surface area contributed by atoms with Gasteiger partial charge in [0, 0.05) is 6.07 Å². The summed E-state index contributed by atoms with van der Waals surface area (Å²) in [5.74, 6) is -0.515. The van der Waals surface area contributed by atoms with Crippen molar-refractivity contribution in [2.24, 2.45) is 11.7 Å². The molecule has 1 amide bonds. The summed E-state index contributed by atoms with van der Waals surface area (Å²) in [5, 5.41) is 2.48. The average Bonchev–Trinajstić information content (AvgIpc) is 2.30. The van der Waals surface area contributed by atoms with Crippen molar-refractivity contribution in [3.8, 4) is 5.75 Å². The van der Waals surface area contributed by atoms with Gasteiger partial charge in [-0.2, -0.15) is 0 Å². The van der Waals surface area contributed by atoms with Gasteiger partial charge < -0.3 is 15.8 Å². The number of ether oxygens (including phenoxy) is 1. The first-order chi connectivity index (χ1) is 8.81. The predicted octanol–water partition coefficient (Wildman–Crippen LogP) is 2.53. The molecule has 1 atom stereocenters. The van der Waals surface area contributed by atoms with Crippen LogP contribution in [0.1, 0.15) is 27.7 Å². The minimum atomic E-state index is -0.661. The van der Waals surface area contributed by atoms with Crippen molar-refractivity contribution in [2.45, 2.75) is 39.8 Å². The Morgan fingerprint density at radius 2 is 1.95 bits per heavy atom. The molecule has 0 saturated heterocycles. The summed E-state index contributed by atoms with van der Waals surface area (Å²) in [6.07, 6.45) is -0.0331. The van der Waals surface area contributed by atoms with Gasteiger partial charge >= 0.3 is 0 Å². The van der Waals surface area contributed by atoms with E-state index >= 15 is 0 Å². The zero-order chi connectivity index (χ0) is 14.6. The van der Waals surface area contributed by atoms with E-state index < -0.39 is 17.8 Å². The second-order valence-electron chi connectivity index (χ2n) is 5.07. The van der Waals surface area contributed by atoms with E-state index in [1.807, 2.05) is 27.7 Å². The van der Waals surface area contributed by atoms with Crippen LogP contribution in [-0.2, 0) is 4.79 Å². The molecule has 0 aromatic heterocycles. The minimum Gasteiger partial charge on any atom is -0.491 e. The van der Waals surface area contributed by atoms with Gasteiger partial charge in [-0.1, -0.05) is 13.8 Å². The van der Waals surface area contributed by atoms with Gasteiger partial charge in [-0.05, 0) is 31.9 Å². The molecule has 0 bridgehead atoms. The van der Waals surface area contributed by atoms with Crippen LogP contribution in [0, 0.1) is 11.7 Å². The molecule has 3 N–H and O–H groups in total. The van der Waals surface area contributed by atoms with E-state index in [9.17, 15) is 9.18 Å². The molecule has 0 fully saturated rings. The van der Waals surface area contributed by atoms with Crippen molar-refractivity contribution in [3.63, 3.8) is 0 Å². The maximum absolute atomic E-state index is 13.8. The largest absolute Gasteiger partial charge is 0.491 e. The number of benzene rings is 1. The molecule has 19 heavy (non-hydrogen) atoms. The van der Waals surface area contributed by atoms with Crippen molar-refractivity contribution in [3.05, 3.63) is 24.0 Å². The maximum atomic E-state index is 13.8. The third-order valence-corrected chi connectivity index (χ3v) is 2.59. The lowest BCUT2D eigenvalue weighted by molar-refractivity contribution is -0.118. The lowest BCUT2D eigenvalue weighted by Crippen LogP contribution is -2.39. The maximum Gasteiger partial charge on any atom is 0.241 e. The molecule has 5 heteroatoms. The third kappa shape index (κ3) is 4.52. The standard InChI is InChI=1S/C14H21FN2O2/c1-8(2)13(16)14(18)17-12-6-5-10(7-11(12)15)19-9(3)4/h5-9,13H,16H2,1-4H3,(H,17,18)/t13-/m0/s1. The van der Waals surface area contributed by atoms with Gasteiger partial charge in [-0.3, -0.25) is 4.79 Å². The Labute approximate surface area is 113 Å². The Morgan fingerprint density at radius 3 is 2.42 bits per heavy atom. The summed E-state index contributed by atoms with van der Waals surface area (Å²) < 4.78 is 19.2. The van der Waals surface area contributed by atoms with E-state index in [0.29, 0.717) is 5.75 Å². The number of anilines is 1. The number of hydrogen-bond donors (Lipinski definition) is 2. The lowest BCUT2D eigenvalue weighted by Gasteiger charge is -2.16. The molecule has 106 valence electrons. The summed E-state index contributed by atoms with van der Waals surface area (Å²) in [4.78, 5) is 11.7. The summed E-state index contributed by atoms with van der Waals surface area (Å²) in [6, 6.07) is 3.67. The molecule has 0 unspecified atom stereocenters. The van der Waals surface area contributed by atoms with Gasteiger partial charge in [-0.15, -0.1) is 0 Å². The Hall–Kier alpha value is -1.62. The van der Waals surface area contributed by atoms with E-state index in [1.165, 1.54) is 12.1 Å². The molecular weight excluding hydrogens is 247 g/mol. The minimum absolute atomic E-state index is 0.00777. The quantitative estimate of drug-likeness (QED) is 0.862. The molecule has 0 heterocycles. The van der Waals surface area contributed by atoms with E-state index in [4.69, 9.17) is 10.5 Å². The van der Waals surface area contributed by atoms with Gasteiger partial charge in [0.1, 0.15) is 11.6 Å². The van der Waals surface area contributed by atoms with Crippen molar-refractivity contribution < 1.29 is 13.9 Å². The molecule has 4 nitrogen and oxygen atoms in total. The van der Waals surface area contributed by atoms with Crippen LogP contribution in [0.15, 0.2) is 18.2 Å². The summed E-state index contributed by atoms with van der Waals surface area (Å²) >= 11 is 0. The van der Waals surface area contributed by atoms with E-state index in [-0.39, 0.29) is 17.7 Å². The third-order valence-electron chi connectivity index (χ3n) is 2.59. The molecule has 0 aliphatic heterocycles. The molecule has 0 aliphatic rings. The van der Waals surface area contributed by atoms with Crippen LogP contribution in [0.4, 0.5) is 10.1 Å². The van der Waals surface area contributed by atoms with Crippen LogP contribution in [0.25, 0.3) is 0 Å². The first-order valence-corrected chi connectivity index (χ1v) is 6.34. The fourth-order valence-corrected chi connectivity index (χ4v) is 1.46. The molecule has 0 aliphatic carbocycles. The molecule has 1 aromatic rings. The summed E-state index contributed by atoms with van der Waals surface area (Å²) in [6.45, 7) is 7.38. The number of amides is 1. The predicted molar refractivity (Wildman–Crippen MR) is 73.6 cm³/mol. The van der Waals surface area contributed by atoms with E-state index in [2.05, 4.69) is 5.32 Å². The second kappa shape index (κ2) is 6.52. The van der Waals surface area contributed by atoms with Crippen molar-refractivity contribution >= 4 is 11.6 Å². The molecule has 0 radical (unpaired) electrons. The van der Waals surface area contributed by atoms with Crippen LogP contribution in [0.2, 0.25) is 0 Å². The smallest absolute Gasteiger partial charge is 0.241 e. The first kappa shape index (κ1) is 15.4. The fraction of sp³-hybridized carbons (Fsp3) is 0.500. The number of carbonyl (C=O) groups is 1. The van der Waals surface area contributed by atoms with Crippen molar-refractivity contribution in [2.75, 3.05) is 5.32 Å². The van der Waals surface area contributed by atoms with Crippen molar-refractivity contribution in [1.29, 1.82) is 0 Å². The highest BCUT2D eigenvalue weighted by atomic mass is 19.1. The number of halogens is 1. The van der Waals surface area contributed by atoms with Crippen LogP contribution < -0.4 is 15.8 Å². The van der Waals surface area contributed by atoms with Crippen LogP contribution in [0.3, 0.4) is 0 Å². The monoisotopic (exact) mass is 268 g/mol. The first-order valence-electron chi connectivity index (χ1n) is 6.34. The Balaban J connectivity index is 2.77. The number of rotatable bonds is 5. The molecule has 1 aromatic carbocycles. The topological polar surface area (TPSA) is 64.3 Å². The summed E-state index contributed by atoms with van der Waals surface area (Å²) in [7, 11) is 0. The Morgan fingerprint density at radius 1 is 1.32 bits per heavy atom. The average molecular weight is 268 g/mol. The zero-order valence-electron chi connectivity index (χ0n) is 11.7. The van der Waals surface area contributed by atoms with Crippen molar-refractivity contribution in [1.82, 2.24) is 0 Å². The van der Waals surface area contributed by atoms with Crippen LogP contribution in [-0.4, -0.2) is 18.1 Å². The number of hydrogen-bond acceptors (Lipinski definition) is 3.